The third-order valence-electron chi connectivity index (χ3n) is 4.74. The van der Waals surface area contributed by atoms with Gasteiger partial charge in [-0.15, -0.1) is 0 Å². The number of benzene rings is 1. The van der Waals surface area contributed by atoms with Crippen LogP contribution in [0, 0.1) is 0 Å². The number of carbonyl (C=O) groups excluding carboxylic acids is 1. The number of pyridine rings is 1. The molecule has 0 radical (unpaired) electrons. The molecule has 0 spiro atoms. The maximum atomic E-state index is 12.1. The van der Waals surface area contributed by atoms with E-state index in [2.05, 4.69) is 4.98 Å². The molecule has 2 heterocycles. The number of rotatable bonds is 8. The largest absolute Gasteiger partial charge is 0.491 e. The molecule has 1 aliphatic rings. The van der Waals surface area contributed by atoms with Crippen LogP contribution in [-0.4, -0.2) is 54.0 Å². The number of likely N-dealkylation sites (tertiary alicyclic amines) is 1. The van der Waals surface area contributed by atoms with Gasteiger partial charge in [0.15, 0.2) is 0 Å². The summed E-state index contributed by atoms with van der Waals surface area (Å²) in [4.78, 5) is 18.1. The first-order valence-electron chi connectivity index (χ1n) is 10.7. The predicted octanol–water partition coefficient (Wildman–Crippen LogP) is 4.46. The molecule has 0 aliphatic carbocycles. The van der Waals surface area contributed by atoms with E-state index >= 15 is 0 Å². The normalized spacial score (nSPS) is 14.9. The van der Waals surface area contributed by atoms with Crippen molar-refractivity contribution in [1.82, 2.24) is 9.88 Å². The van der Waals surface area contributed by atoms with Crippen LogP contribution < -0.4 is 9.47 Å². The second-order valence-corrected chi connectivity index (χ2v) is 8.49. The van der Waals surface area contributed by atoms with Gasteiger partial charge in [-0.3, -0.25) is 0 Å². The Hall–Kier alpha value is -2.80. The van der Waals surface area contributed by atoms with E-state index in [1.807, 2.05) is 51.1 Å². The summed E-state index contributed by atoms with van der Waals surface area (Å²) in [5.41, 5.74) is 0.614. The van der Waals surface area contributed by atoms with Crippen molar-refractivity contribution in [3.05, 3.63) is 54.2 Å². The van der Waals surface area contributed by atoms with E-state index in [0.717, 1.165) is 18.4 Å². The van der Waals surface area contributed by atoms with Gasteiger partial charge < -0.3 is 23.8 Å². The summed E-state index contributed by atoms with van der Waals surface area (Å²) in [5.74, 6) is 1.22. The number of piperidine rings is 1. The fourth-order valence-electron chi connectivity index (χ4n) is 3.20. The molecule has 0 atom stereocenters. The molecule has 7 heteroatoms. The molecule has 0 unspecified atom stereocenters. The molecule has 1 aromatic carbocycles. The number of nitrogens with zero attached hydrogens (tertiary/aromatic N) is 2. The summed E-state index contributed by atoms with van der Waals surface area (Å²) >= 11 is 0. The van der Waals surface area contributed by atoms with Crippen LogP contribution in [0.15, 0.2) is 48.7 Å². The van der Waals surface area contributed by atoms with E-state index in [1.54, 1.807) is 23.2 Å². The first kappa shape index (κ1) is 22.9. The maximum absolute atomic E-state index is 12.1. The SMILES string of the molecule is CC(C)(C)OC(=O)N1CCC(OCCOc2ccnc(OCc3ccccc3)c2)CC1. The van der Waals surface area contributed by atoms with Gasteiger partial charge in [0.05, 0.1) is 12.7 Å². The molecule has 0 saturated carbocycles. The van der Waals surface area contributed by atoms with Crippen LogP contribution in [0.1, 0.15) is 39.2 Å². The number of amides is 1. The summed E-state index contributed by atoms with van der Waals surface area (Å²) in [6.45, 7) is 8.31. The van der Waals surface area contributed by atoms with Gasteiger partial charge >= 0.3 is 6.09 Å². The monoisotopic (exact) mass is 428 g/mol. The smallest absolute Gasteiger partial charge is 0.410 e. The van der Waals surface area contributed by atoms with Gasteiger partial charge in [0, 0.05) is 25.4 Å². The van der Waals surface area contributed by atoms with Crippen molar-refractivity contribution < 1.29 is 23.7 Å². The second-order valence-electron chi connectivity index (χ2n) is 8.49. The lowest BCUT2D eigenvalue weighted by molar-refractivity contribution is -0.0177. The van der Waals surface area contributed by atoms with E-state index in [0.29, 0.717) is 44.5 Å². The Morgan fingerprint density at radius 2 is 1.81 bits per heavy atom. The number of hydrogen-bond donors (Lipinski definition) is 0. The number of carbonyl (C=O) groups is 1. The highest BCUT2D eigenvalue weighted by Gasteiger charge is 2.27. The predicted molar refractivity (Wildman–Crippen MR) is 117 cm³/mol. The third-order valence-corrected chi connectivity index (χ3v) is 4.74. The van der Waals surface area contributed by atoms with Crippen LogP contribution in [0.25, 0.3) is 0 Å². The van der Waals surface area contributed by atoms with Crippen LogP contribution in [0.4, 0.5) is 4.79 Å². The van der Waals surface area contributed by atoms with Gasteiger partial charge in [-0.25, -0.2) is 9.78 Å². The van der Waals surface area contributed by atoms with E-state index < -0.39 is 5.60 Å². The Balaban J connectivity index is 1.33. The van der Waals surface area contributed by atoms with Crippen molar-refractivity contribution in [3.63, 3.8) is 0 Å². The van der Waals surface area contributed by atoms with Gasteiger partial charge in [0.1, 0.15) is 24.6 Å². The van der Waals surface area contributed by atoms with Crippen molar-refractivity contribution in [2.45, 2.75) is 51.9 Å². The van der Waals surface area contributed by atoms with Crippen LogP contribution in [0.3, 0.4) is 0 Å². The molecule has 1 aromatic heterocycles. The Labute approximate surface area is 184 Å². The molecular formula is C24H32N2O5. The molecule has 1 fully saturated rings. The van der Waals surface area contributed by atoms with Gasteiger partial charge in [-0.1, -0.05) is 30.3 Å². The molecule has 1 amide bonds. The fraction of sp³-hybridized carbons (Fsp3) is 0.500. The Bertz CT molecular complexity index is 814. The fourth-order valence-corrected chi connectivity index (χ4v) is 3.20. The lowest BCUT2D eigenvalue weighted by atomic mass is 10.1. The number of aromatic nitrogens is 1. The van der Waals surface area contributed by atoms with Crippen LogP contribution >= 0.6 is 0 Å². The van der Waals surface area contributed by atoms with E-state index in [1.165, 1.54) is 0 Å². The highest BCUT2D eigenvalue weighted by Crippen LogP contribution is 2.19. The summed E-state index contributed by atoms with van der Waals surface area (Å²) in [5, 5.41) is 0. The molecule has 168 valence electrons. The van der Waals surface area contributed by atoms with Crippen LogP contribution in [0.2, 0.25) is 0 Å². The summed E-state index contributed by atoms with van der Waals surface area (Å²) in [6, 6.07) is 13.5. The minimum Gasteiger partial charge on any atom is -0.491 e. The van der Waals surface area contributed by atoms with Gasteiger partial charge in [-0.05, 0) is 45.2 Å². The van der Waals surface area contributed by atoms with Crippen LogP contribution in [-0.2, 0) is 16.1 Å². The van der Waals surface area contributed by atoms with Crippen molar-refractivity contribution in [2.24, 2.45) is 0 Å². The summed E-state index contributed by atoms with van der Waals surface area (Å²) in [6.07, 6.45) is 3.14. The average Bonchev–Trinajstić information content (AvgIpc) is 2.76. The molecule has 3 rings (SSSR count). The first-order valence-corrected chi connectivity index (χ1v) is 10.7. The molecule has 2 aromatic rings. The van der Waals surface area contributed by atoms with E-state index in [9.17, 15) is 4.79 Å². The zero-order chi connectivity index (χ0) is 22.1. The lowest BCUT2D eigenvalue weighted by Gasteiger charge is -2.33. The van der Waals surface area contributed by atoms with Gasteiger partial charge in [-0.2, -0.15) is 0 Å². The van der Waals surface area contributed by atoms with Crippen molar-refractivity contribution in [3.8, 4) is 11.6 Å². The minimum absolute atomic E-state index is 0.129. The molecule has 1 saturated heterocycles. The Kier molecular flexibility index (Phi) is 8.12. The third kappa shape index (κ3) is 8.09. The summed E-state index contributed by atoms with van der Waals surface area (Å²) < 4.78 is 22.8. The minimum atomic E-state index is -0.471. The highest BCUT2D eigenvalue weighted by molar-refractivity contribution is 5.68. The molecule has 0 bridgehead atoms. The Morgan fingerprint density at radius 3 is 2.52 bits per heavy atom. The van der Waals surface area contributed by atoms with E-state index in [4.69, 9.17) is 18.9 Å². The first-order chi connectivity index (χ1) is 14.9. The van der Waals surface area contributed by atoms with Crippen LogP contribution in [0.5, 0.6) is 11.6 Å². The standard InChI is InChI=1S/C24H32N2O5/c1-24(2,3)31-23(27)26-13-10-20(11-14-26)28-15-16-29-21-9-12-25-22(17-21)30-18-19-7-5-4-6-8-19/h4-9,12,17,20H,10-11,13-16,18H2,1-3H3. The Morgan fingerprint density at radius 1 is 1.06 bits per heavy atom. The molecule has 0 N–H and O–H groups in total. The van der Waals surface area contributed by atoms with Crippen molar-refractivity contribution in [2.75, 3.05) is 26.3 Å². The zero-order valence-electron chi connectivity index (χ0n) is 18.6. The molecule has 31 heavy (non-hydrogen) atoms. The van der Waals surface area contributed by atoms with Crippen molar-refractivity contribution >= 4 is 6.09 Å². The van der Waals surface area contributed by atoms with E-state index in [-0.39, 0.29) is 12.2 Å². The lowest BCUT2D eigenvalue weighted by Crippen LogP contribution is -2.43. The molecule has 7 nitrogen and oxygen atoms in total. The maximum Gasteiger partial charge on any atom is 0.410 e. The highest BCUT2D eigenvalue weighted by atomic mass is 16.6. The van der Waals surface area contributed by atoms with Gasteiger partial charge in [0.2, 0.25) is 5.88 Å². The number of ether oxygens (including phenoxy) is 4. The molecule has 1 aliphatic heterocycles. The molecular weight excluding hydrogens is 396 g/mol. The zero-order valence-corrected chi connectivity index (χ0v) is 18.6. The van der Waals surface area contributed by atoms with Gasteiger partial charge in [0.25, 0.3) is 0 Å². The van der Waals surface area contributed by atoms with Crippen molar-refractivity contribution in [1.29, 1.82) is 0 Å². The summed E-state index contributed by atoms with van der Waals surface area (Å²) in [7, 11) is 0. The topological polar surface area (TPSA) is 70.1 Å². The number of hydrogen-bond acceptors (Lipinski definition) is 6. The quantitative estimate of drug-likeness (QED) is 0.579. The average molecular weight is 429 g/mol. The second kappa shape index (κ2) is 11.0.